The molecule has 0 saturated carbocycles. The summed E-state index contributed by atoms with van der Waals surface area (Å²) in [5.74, 6) is -1.68. The van der Waals surface area contributed by atoms with Crippen molar-refractivity contribution in [3.8, 4) is 5.75 Å². The van der Waals surface area contributed by atoms with Crippen LogP contribution in [0.3, 0.4) is 0 Å². The molecule has 0 N–H and O–H groups in total. The van der Waals surface area contributed by atoms with Crippen molar-refractivity contribution in [2.45, 2.75) is 13.1 Å². The van der Waals surface area contributed by atoms with Crippen LogP contribution in [0.15, 0.2) is 12.1 Å². The lowest BCUT2D eigenvalue weighted by Gasteiger charge is -2.13. The minimum atomic E-state index is -4.67. The Hall–Kier alpha value is -0.940. The highest BCUT2D eigenvalue weighted by molar-refractivity contribution is 6.43. The normalized spacial score (nSPS) is 11.4. The number of hydrogen-bond donors (Lipinski definition) is 0. The molecule has 0 radical (unpaired) electrons. The van der Waals surface area contributed by atoms with Crippen LogP contribution in [0.25, 0.3) is 0 Å². The molecule has 0 heterocycles. The van der Waals surface area contributed by atoms with Crippen LogP contribution in [0.2, 0.25) is 10.0 Å². The highest BCUT2D eigenvalue weighted by Gasteiger charge is 2.36. The molecule has 1 aromatic carbocycles. The molecule has 2 nitrogen and oxygen atoms in total. The zero-order chi connectivity index (χ0) is 12.5. The van der Waals surface area contributed by atoms with Gasteiger partial charge in [-0.2, -0.15) is 13.2 Å². The van der Waals surface area contributed by atoms with Crippen LogP contribution in [0.5, 0.6) is 5.75 Å². The molecule has 0 unspecified atom stereocenters. The molecule has 0 bridgehead atoms. The van der Waals surface area contributed by atoms with Gasteiger partial charge in [-0.05, 0) is 12.1 Å². The molecule has 16 heavy (non-hydrogen) atoms. The number of ether oxygens (including phenoxy) is 1. The molecule has 88 valence electrons. The van der Waals surface area contributed by atoms with Crippen molar-refractivity contribution in [2.75, 3.05) is 0 Å². The summed E-state index contributed by atoms with van der Waals surface area (Å²) in [5.41, 5.74) is -1.14. The zero-order valence-corrected chi connectivity index (χ0v) is 9.37. The molecule has 1 aromatic rings. The van der Waals surface area contributed by atoms with Crippen LogP contribution in [0, 0.1) is 0 Å². The predicted octanol–water partition coefficient (Wildman–Crippen LogP) is 3.94. The maximum atomic E-state index is 12.5. The van der Waals surface area contributed by atoms with E-state index >= 15 is 0 Å². The lowest BCUT2D eigenvalue weighted by Crippen LogP contribution is -2.11. The van der Waals surface area contributed by atoms with Gasteiger partial charge in [-0.1, -0.05) is 23.2 Å². The van der Waals surface area contributed by atoms with E-state index in [1.165, 1.54) is 0 Å². The Labute approximate surface area is 98.9 Å². The summed E-state index contributed by atoms with van der Waals surface area (Å²) >= 11 is 11.1. The van der Waals surface area contributed by atoms with Gasteiger partial charge in [-0.15, -0.1) is 0 Å². The molecule has 0 atom stereocenters. The van der Waals surface area contributed by atoms with E-state index in [4.69, 9.17) is 23.2 Å². The second-order valence-corrected chi connectivity index (χ2v) is 3.61. The maximum Gasteiger partial charge on any atom is 0.420 e. The quantitative estimate of drug-likeness (QED) is 0.572. The van der Waals surface area contributed by atoms with Crippen molar-refractivity contribution in [3.63, 3.8) is 0 Å². The summed E-state index contributed by atoms with van der Waals surface area (Å²) in [5, 5.41) is -0.558. The maximum absolute atomic E-state index is 12.5. The van der Waals surface area contributed by atoms with E-state index in [-0.39, 0.29) is 5.02 Å². The van der Waals surface area contributed by atoms with Gasteiger partial charge in [0, 0.05) is 6.92 Å². The van der Waals surface area contributed by atoms with E-state index in [0.29, 0.717) is 6.07 Å². The SMILES string of the molecule is CC(=O)Oc1c(C(F)(F)F)ccc(Cl)c1Cl. The number of halogens is 5. The van der Waals surface area contributed by atoms with Gasteiger partial charge in [0.05, 0.1) is 10.6 Å². The first-order chi connectivity index (χ1) is 7.23. The highest BCUT2D eigenvalue weighted by atomic mass is 35.5. The molecule has 1 rings (SSSR count). The van der Waals surface area contributed by atoms with Gasteiger partial charge in [-0.25, -0.2) is 0 Å². The van der Waals surface area contributed by atoms with Gasteiger partial charge in [-0.3, -0.25) is 4.79 Å². The van der Waals surface area contributed by atoms with Gasteiger partial charge in [0.1, 0.15) is 5.02 Å². The first kappa shape index (κ1) is 13.1. The van der Waals surface area contributed by atoms with Crippen LogP contribution in [0.4, 0.5) is 13.2 Å². The van der Waals surface area contributed by atoms with Crippen LogP contribution in [0.1, 0.15) is 12.5 Å². The average Bonchev–Trinajstić information content (AvgIpc) is 2.10. The van der Waals surface area contributed by atoms with Gasteiger partial charge in [0.15, 0.2) is 5.75 Å². The van der Waals surface area contributed by atoms with Crippen molar-refractivity contribution < 1.29 is 22.7 Å². The molecule has 0 amide bonds. The van der Waals surface area contributed by atoms with E-state index in [1.807, 2.05) is 0 Å². The molecular formula is C9H5Cl2F3O2. The smallest absolute Gasteiger partial charge is 0.420 e. The summed E-state index contributed by atoms with van der Waals surface area (Å²) in [6.45, 7) is 0.970. The van der Waals surface area contributed by atoms with E-state index in [1.54, 1.807) is 0 Å². The minimum Gasteiger partial charge on any atom is -0.424 e. The van der Waals surface area contributed by atoms with Crippen molar-refractivity contribution in [1.29, 1.82) is 0 Å². The average molecular weight is 273 g/mol. The summed E-state index contributed by atoms with van der Waals surface area (Å²) in [4.78, 5) is 10.7. The Morgan fingerprint density at radius 3 is 2.31 bits per heavy atom. The molecule has 0 aromatic heterocycles. The highest BCUT2D eigenvalue weighted by Crippen LogP contribution is 2.43. The molecule has 0 fully saturated rings. The number of alkyl halides is 3. The fourth-order valence-electron chi connectivity index (χ4n) is 0.999. The zero-order valence-electron chi connectivity index (χ0n) is 7.86. The largest absolute Gasteiger partial charge is 0.424 e. The Morgan fingerprint density at radius 2 is 1.88 bits per heavy atom. The fraction of sp³-hybridized carbons (Fsp3) is 0.222. The van der Waals surface area contributed by atoms with Crippen molar-refractivity contribution in [2.24, 2.45) is 0 Å². The van der Waals surface area contributed by atoms with Crippen LogP contribution >= 0.6 is 23.2 Å². The van der Waals surface area contributed by atoms with Crippen molar-refractivity contribution >= 4 is 29.2 Å². The topological polar surface area (TPSA) is 26.3 Å². The monoisotopic (exact) mass is 272 g/mol. The van der Waals surface area contributed by atoms with Gasteiger partial charge in [0.25, 0.3) is 0 Å². The predicted molar refractivity (Wildman–Crippen MR) is 52.8 cm³/mol. The lowest BCUT2D eigenvalue weighted by molar-refractivity contribution is -0.141. The summed E-state index contributed by atoms with van der Waals surface area (Å²) in [7, 11) is 0. The van der Waals surface area contributed by atoms with E-state index in [0.717, 1.165) is 13.0 Å². The summed E-state index contributed by atoms with van der Waals surface area (Å²) in [6, 6.07) is 1.69. The molecule has 0 saturated heterocycles. The van der Waals surface area contributed by atoms with Crippen LogP contribution in [-0.2, 0) is 11.0 Å². The molecule has 0 spiro atoms. The lowest BCUT2D eigenvalue weighted by atomic mass is 10.2. The molecule has 0 aliphatic rings. The van der Waals surface area contributed by atoms with Crippen LogP contribution < -0.4 is 4.74 Å². The first-order valence-corrected chi connectivity index (χ1v) is 4.72. The Balaban J connectivity index is 3.39. The van der Waals surface area contributed by atoms with Crippen LogP contribution in [-0.4, -0.2) is 5.97 Å². The molecular weight excluding hydrogens is 268 g/mol. The molecule has 0 aliphatic heterocycles. The van der Waals surface area contributed by atoms with Gasteiger partial charge in [0.2, 0.25) is 0 Å². The standard InChI is InChI=1S/C9H5Cl2F3O2/c1-4(15)16-8-5(9(12,13)14)2-3-6(10)7(8)11/h2-3H,1H3. The number of esters is 1. The van der Waals surface area contributed by atoms with Crippen molar-refractivity contribution in [1.82, 2.24) is 0 Å². The summed E-state index contributed by atoms with van der Waals surface area (Å²) in [6.07, 6.45) is -4.67. The van der Waals surface area contributed by atoms with E-state index < -0.39 is 28.5 Å². The van der Waals surface area contributed by atoms with Gasteiger partial charge < -0.3 is 4.74 Å². The molecule has 0 aliphatic carbocycles. The van der Waals surface area contributed by atoms with E-state index in [2.05, 4.69) is 4.74 Å². The Bertz CT molecular complexity index is 429. The summed E-state index contributed by atoms with van der Waals surface area (Å²) < 4.78 is 42.0. The van der Waals surface area contributed by atoms with Crippen molar-refractivity contribution in [3.05, 3.63) is 27.7 Å². The second kappa shape index (κ2) is 4.51. The molecule has 7 heteroatoms. The number of benzene rings is 1. The van der Waals surface area contributed by atoms with E-state index in [9.17, 15) is 18.0 Å². The third-order valence-corrected chi connectivity index (χ3v) is 2.39. The second-order valence-electron chi connectivity index (χ2n) is 2.83. The minimum absolute atomic E-state index is 0.120. The van der Waals surface area contributed by atoms with Gasteiger partial charge >= 0.3 is 12.1 Å². The number of rotatable bonds is 1. The third kappa shape index (κ3) is 2.80. The Morgan fingerprint density at radius 1 is 1.31 bits per heavy atom. The third-order valence-electron chi connectivity index (χ3n) is 1.60. The Kier molecular flexibility index (Phi) is 3.70. The number of carbonyl (C=O) groups excluding carboxylic acids is 1. The fourth-order valence-corrected chi connectivity index (χ4v) is 1.35. The first-order valence-electron chi connectivity index (χ1n) is 3.97. The number of carbonyl (C=O) groups is 1. The number of hydrogen-bond acceptors (Lipinski definition) is 2.